The Bertz CT molecular complexity index is 1670. The molecule has 3 aliphatic rings. The molecule has 0 saturated heterocycles. The monoisotopic (exact) mass is 582 g/mol. The SMILES string of the molecule is CC.Cc1c(F)cc2nc3c(c4c2c1CCC4)Cn1c-3cc2c(c1=O)COC(=O)C2O.N/C=C(/CO)N(N)CC(N)=O. The molecule has 0 bridgehead atoms. The molecule has 3 aromatic rings. The molecule has 0 saturated carbocycles. The van der Waals surface area contributed by atoms with E-state index in [9.17, 15) is 23.9 Å². The van der Waals surface area contributed by atoms with Gasteiger partial charge in [0.05, 0.1) is 41.3 Å². The number of pyridine rings is 2. The summed E-state index contributed by atoms with van der Waals surface area (Å²) in [6.07, 6.45) is 2.23. The molecule has 2 aliphatic heterocycles. The summed E-state index contributed by atoms with van der Waals surface area (Å²) in [6.45, 7) is 5.56. The quantitative estimate of drug-likeness (QED) is 0.131. The molecule has 1 aliphatic carbocycles. The van der Waals surface area contributed by atoms with Crippen LogP contribution in [-0.2, 0) is 40.3 Å². The molecule has 13 heteroatoms. The van der Waals surface area contributed by atoms with E-state index in [1.165, 1.54) is 6.07 Å². The Morgan fingerprint density at radius 1 is 1.21 bits per heavy atom. The number of aryl methyl sites for hydroxylation is 2. The fourth-order valence-electron chi connectivity index (χ4n) is 5.57. The van der Waals surface area contributed by atoms with Gasteiger partial charge in [0.2, 0.25) is 5.91 Å². The number of cyclic esters (lactones) is 1. The highest BCUT2D eigenvalue weighted by Gasteiger charge is 2.35. The van der Waals surface area contributed by atoms with Crippen molar-refractivity contribution in [2.45, 2.75) is 59.3 Å². The van der Waals surface area contributed by atoms with Crippen LogP contribution in [0.15, 0.2) is 28.8 Å². The van der Waals surface area contributed by atoms with Crippen molar-refractivity contribution in [3.8, 4) is 11.4 Å². The van der Waals surface area contributed by atoms with Crippen molar-refractivity contribution in [3.05, 3.63) is 73.6 Å². The summed E-state index contributed by atoms with van der Waals surface area (Å²) in [5.41, 5.74) is 16.0. The largest absolute Gasteiger partial charge is 0.458 e. The molecular weight excluding hydrogens is 547 g/mol. The summed E-state index contributed by atoms with van der Waals surface area (Å²) < 4.78 is 21.1. The van der Waals surface area contributed by atoms with Crippen LogP contribution in [0.3, 0.4) is 0 Å². The van der Waals surface area contributed by atoms with Crippen molar-refractivity contribution in [2.75, 3.05) is 13.2 Å². The summed E-state index contributed by atoms with van der Waals surface area (Å²) in [5, 5.41) is 20.8. The van der Waals surface area contributed by atoms with Crippen LogP contribution in [0.5, 0.6) is 0 Å². The molecule has 12 nitrogen and oxygen atoms in total. The highest BCUT2D eigenvalue weighted by Crippen LogP contribution is 2.41. The Kier molecular flexibility index (Phi) is 8.95. The van der Waals surface area contributed by atoms with Gasteiger partial charge in [0.15, 0.2) is 6.10 Å². The Morgan fingerprint density at radius 3 is 2.55 bits per heavy atom. The number of hydrazine groups is 1. The maximum atomic E-state index is 14.5. The minimum atomic E-state index is -1.48. The minimum absolute atomic E-state index is 0.141. The molecule has 1 amide bonds. The van der Waals surface area contributed by atoms with Crippen molar-refractivity contribution in [1.29, 1.82) is 0 Å². The number of aliphatic hydroxyl groups is 2. The Labute approximate surface area is 241 Å². The predicted octanol–water partition coefficient (Wildman–Crippen LogP) is 0.918. The second-order valence-corrected chi connectivity index (χ2v) is 9.90. The average molecular weight is 583 g/mol. The van der Waals surface area contributed by atoms with Crippen LogP contribution in [0, 0.1) is 12.7 Å². The van der Waals surface area contributed by atoms with Crippen molar-refractivity contribution in [2.24, 2.45) is 17.3 Å². The molecule has 1 unspecified atom stereocenters. The number of aliphatic hydroxyl groups excluding tert-OH is 2. The van der Waals surface area contributed by atoms with Crippen LogP contribution in [0.4, 0.5) is 4.39 Å². The number of esters is 1. The molecule has 6 rings (SSSR count). The van der Waals surface area contributed by atoms with E-state index in [4.69, 9.17) is 32.1 Å². The third-order valence-electron chi connectivity index (χ3n) is 7.59. The second kappa shape index (κ2) is 12.3. The molecule has 2 aromatic heterocycles. The van der Waals surface area contributed by atoms with Gasteiger partial charge in [-0.1, -0.05) is 13.8 Å². The molecule has 8 N–H and O–H groups in total. The topological polar surface area (TPSA) is 200 Å². The van der Waals surface area contributed by atoms with Crippen LogP contribution in [0.25, 0.3) is 22.3 Å². The highest BCUT2D eigenvalue weighted by atomic mass is 19.1. The maximum Gasteiger partial charge on any atom is 0.340 e. The number of nitrogens with two attached hydrogens (primary N) is 3. The molecule has 1 aromatic carbocycles. The first-order chi connectivity index (χ1) is 20.1. The average Bonchev–Trinajstić information content (AvgIpc) is 3.34. The summed E-state index contributed by atoms with van der Waals surface area (Å²) in [6, 6.07) is 3.13. The lowest BCUT2D eigenvalue weighted by Gasteiger charge is -2.22. The first kappa shape index (κ1) is 30.6. The number of ether oxygens (including phenoxy) is 1. The molecule has 0 fully saturated rings. The van der Waals surface area contributed by atoms with Gasteiger partial charge >= 0.3 is 5.97 Å². The van der Waals surface area contributed by atoms with Crippen molar-refractivity contribution < 1.29 is 28.9 Å². The number of carbonyl (C=O) groups excluding carboxylic acids is 2. The zero-order valence-corrected chi connectivity index (χ0v) is 23.7. The molecule has 224 valence electrons. The van der Waals surface area contributed by atoms with Crippen LogP contribution in [-0.4, -0.2) is 49.8 Å². The van der Waals surface area contributed by atoms with Gasteiger partial charge in [0.25, 0.3) is 5.56 Å². The number of amides is 1. The number of primary amides is 1. The summed E-state index contributed by atoms with van der Waals surface area (Å²) in [5.74, 6) is 3.65. The van der Waals surface area contributed by atoms with E-state index in [0.717, 1.165) is 52.5 Å². The van der Waals surface area contributed by atoms with Gasteiger partial charge in [-0.15, -0.1) is 0 Å². The van der Waals surface area contributed by atoms with Crippen LogP contribution in [0.2, 0.25) is 0 Å². The van der Waals surface area contributed by atoms with Gasteiger partial charge in [0.1, 0.15) is 19.0 Å². The highest BCUT2D eigenvalue weighted by molar-refractivity contribution is 5.92. The van der Waals surface area contributed by atoms with Crippen molar-refractivity contribution in [1.82, 2.24) is 14.6 Å². The zero-order valence-electron chi connectivity index (χ0n) is 23.7. The van der Waals surface area contributed by atoms with Gasteiger partial charge in [-0.25, -0.2) is 20.0 Å². The molecular formula is C29H35FN6O6. The lowest BCUT2D eigenvalue weighted by Crippen LogP contribution is -2.39. The molecule has 4 heterocycles. The standard InChI is InChI=1S/C22H17FN2O4.C5H12N4O2.C2H6/c1-9-10-3-2-4-11-13-7-25-17(19(13)24-16(18(10)11)6-15(9)23)5-12-14(21(25)27)8-29-22(28)20(12)26;6-1-4(3-10)9(8)2-5(7)11;1-2/h5-6,20,26H,2-4,7-8H2,1H3;1,10H,2-3,6,8H2,(H2,7,11);1-2H3/b;4-1-;. The number of halogens is 1. The molecule has 1 atom stereocenters. The van der Waals surface area contributed by atoms with Crippen molar-refractivity contribution in [3.63, 3.8) is 0 Å². The van der Waals surface area contributed by atoms with E-state index in [1.54, 1.807) is 17.6 Å². The number of aromatic nitrogens is 2. The predicted molar refractivity (Wildman–Crippen MR) is 153 cm³/mol. The lowest BCUT2D eigenvalue weighted by atomic mass is 9.85. The Morgan fingerprint density at radius 2 is 1.90 bits per heavy atom. The van der Waals surface area contributed by atoms with Crippen LogP contribution < -0.4 is 22.9 Å². The van der Waals surface area contributed by atoms with Crippen molar-refractivity contribution >= 4 is 22.8 Å². The van der Waals surface area contributed by atoms with Gasteiger partial charge in [-0.05, 0) is 48.9 Å². The first-order valence-corrected chi connectivity index (χ1v) is 13.6. The maximum absolute atomic E-state index is 14.5. The second-order valence-electron chi connectivity index (χ2n) is 9.90. The van der Waals surface area contributed by atoms with Gasteiger partial charge in [0, 0.05) is 28.8 Å². The normalized spacial score (nSPS) is 16.2. The molecule has 42 heavy (non-hydrogen) atoms. The van der Waals surface area contributed by atoms with Gasteiger partial charge in [-0.2, -0.15) is 0 Å². The van der Waals surface area contributed by atoms with E-state index in [-0.39, 0.29) is 42.4 Å². The van der Waals surface area contributed by atoms with E-state index >= 15 is 0 Å². The number of hydrogen-bond donors (Lipinski definition) is 5. The molecule has 0 radical (unpaired) electrons. The number of carbonyl (C=O) groups is 2. The van der Waals surface area contributed by atoms with Gasteiger partial charge in [-0.3, -0.25) is 9.59 Å². The third kappa shape index (κ3) is 5.22. The van der Waals surface area contributed by atoms with E-state index in [2.05, 4.69) is 0 Å². The van der Waals surface area contributed by atoms with E-state index in [1.807, 2.05) is 13.8 Å². The number of nitrogens with zero attached hydrogens (tertiary/aromatic N) is 3. The number of fused-ring (bicyclic) bond motifs is 5. The minimum Gasteiger partial charge on any atom is -0.458 e. The van der Waals surface area contributed by atoms with E-state index in [0.29, 0.717) is 34.6 Å². The fraction of sp³-hybridized carbons (Fsp3) is 0.379. The zero-order chi connectivity index (χ0) is 30.9. The van der Waals surface area contributed by atoms with Crippen LogP contribution >= 0.6 is 0 Å². The fourth-order valence-corrected chi connectivity index (χ4v) is 5.57. The summed E-state index contributed by atoms with van der Waals surface area (Å²) >= 11 is 0. The molecule has 0 spiro atoms. The summed E-state index contributed by atoms with van der Waals surface area (Å²) in [4.78, 5) is 39.9. The summed E-state index contributed by atoms with van der Waals surface area (Å²) in [7, 11) is 0. The first-order valence-electron chi connectivity index (χ1n) is 13.6. The van der Waals surface area contributed by atoms with E-state index < -0.39 is 18.0 Å². The Balaban J connectivity index is 0.000000267. The smallest absolute Gasteiger partial charge is 0.340 e. The van der Waals surface area contributed by atoms with Gasteiger partial charge < -0.3 is 36.0 Å². The number of rotatable bonds is 4. The number of benzene rings is 1. The third-order valence-corrected chi connectivity index (χ3v) is 7.59. The Hall–Kier alpha value is -4.33. The lowest BCUT2D eigenvalue weighted by molar-refractivity contribution is -0.157. The van der Waals surface area contributed by atoms with Crippen LogP contribution in [0.1, 0.15) is 59.8 Å². The number of hydrogen-bond acceptors (Lipinski definition) is 10.